The first kappa shape index (κ1) is 11.2. The van der Waals surface area contributed by atoms with Gasteiger partial charge in [0.2, 0.25) is 0 Å². The number of nitrogens with zero attached hydrogens (tertiary/aromatic N) is 2. The standard InChI is InChI=1S/C15H17N3/c1-9-8-16-15(17-9)14-10(2)11(3)18-13-7-5-4-6-12(13)14/h4-7,9H,8H2,1-3H3,(H,16,17). The fourth-order valence-electron chi connectivity index (χ4n) is 2.44. The van der Waals surface area contributed by atoms with Crippen LogP contribution < -0.4 is 5.32 Å². The quantitative estimate of drug-likeness (QED) is 0.830. The Balaban J connectivity index is 2.29. The fourth-order valence-corrected chi connectivity index (χ4v) is 2.44. The summed E-state index contributed by atoms with van der Waals surface area (Å²) in [4.78, 5) is 9.26. The normalized spacial score (nSPS) is 18.8. The number of pyridine rings is 1. The fraction of sp³-hybridized carbons (Fsp3) is 0.333. The topological polar surface area (TPSA) is 37.3 Å². The van der Waals surface area contributed by atoms with Crippen molar-refractivity contribution < 1.29 is 0 Å². The van der Waals surface area contributed by atoms with E-state index >= 15 is 0 Å². The van der Waals surface area contributed by atoms with Gasteiger partial charge in [0.25, 0.3) is 0 Å². The number of aliphatic imine (C=N–C) groups is 1. The molecule has 92 valence electrons. The molecule has 1 aliphatic rings. The van der Waals surface area contributed by atoms with Gasteiger partial charge in [-0.2, -0.15) is 0 Å². The SMILES string of the molecule is Cc1nc2ccccc2c(C2=NCC(C)N2)c1C. The Bertz CT molecular complexity index is 643. The maximum atomic E-state index is 4.64. The summed E-state index contributed by atoms with van der Waals surface area (Å²) >= 11 is 0. The lowest BCUT2D eigenvalue weighted by Gasteiger charge is -2.14. The van der Waals surface area contributed by atoms with Gasteiger partial charge in [0.05, 0.1) is 12.1 Å². The van der Waals surface area contributed by atoms with E-state index in [-0.39, 0.29) is 0 Å². The van der Waals surface area contributed by atoms with E-state index in [0.717, 1.165) is 23.6 Å². The lowest BCUT2D eigenvalue weighted by atomic mass is 10.0. The number of aromatic nitrogens is 1. The number of rotatable bonds is 1. The van der Waals surface area contributed by atoms with Crippen LogP contribution in [0.25, 0.3) is 10.9 Å². The molecular weight excluding hydrogens is 222 g/mol. The minimum absolute atomic E-state index is 0.423. The van der Waals surface area contributed by atoms with Gasteiger partial charge < -0.3 is 5.32 Å². The Morgan fingerprint density at radius 3 is 2.72 bits per heavy atom. The average Bonchev–Trinajstić information content (AvgIpc) is 2.77. The van der Waals surface area contributed by atoms with Crippen molar-refractivity contribution in [3.8, 4) is 0 Å². The Hall–Kier alpha value is -1.90. The van der Waals surface area contributed by atoms with Gasteiger partial charge in [-0.3, -0.25) is 9.98 Å². The molecule has 1 atom stereocenters. The highest BCUT2D eigenvalue weighted by atomic mass is 15.1. The number of hydrogen-bond acceptors (Lipinski definition) is 3. The third-order valence-electron chi connectivity index (χ3n) is 3.52. The zero-order valence-corrected chi connectivity index (χ0v) is 11.0. The minimum atomic E-state index is 0.423. The number of para-hydroxylation sites is 1. The molecule has 1 aromatic carbocycles. The summed E-state index contributed by atoms with van der Waals surface area (Å²) in [6, 6.07) is 8.69. The van der Waals surface area contributed by atoms with E-state index in [2.05, 4.69) is 54.3 Å². The average molecular weight is 239 g/mol. The summed E-state index contributed by atoms with van der Waals surface area (Å²) in [6.45, 7) is 7.19. The van der Waals surface area contributed by atoms with Crippen LogP contribution in [0.2, 0.25) is 0 Å². The van der Waals surface area contributed by atoms with E-state index in [1.54, 1.807) is 0 Å². The van der Waals surface area contributed by atoms with Crippen molar-refractivity contribution in [3.63, 3.8) is 0 Å². The van der Waals surface area contributed by atoms with Gasteiger partial charge in [0.1, 0.15) is 5.84 Å². The summed E-state index contributed by atoms with van der Waals surface area (Å²) in [5.74, 6) is 1.02. The first-order chi connectivity index (χ1) is 8.66. The maximum absolute atomic E-state index is 4.64. The van der Waals surface area contributed by atoms with Crippen LogP contribution in [0, 0.1) is 13.8 Å². The van der Waals surface area contributed by atoms with E-state index in [4.69, 9.17) is 0 Å². The lowest BCUT2D eigenvalue weighted by molar-refractivity contribution is 0.726. The molecule has 0 saturated carbocycles. The molecule has 18 heavy (non-hydrogen) atoms. The molecule has 3 nitrogen and oxygen atoms in total. The molecule has 0 saturated heterocycles. The summed E-state index contributed by atoms with van der Waals surface area (Å²) in [5.41, 5.74) is 4.55. The molecule has 2 aromatic rings. The molecule has 3 heteroatoms. The molecule has 0 fully saturated rings. The van der Waals surface area contributed by atoms with E-state index in [1.807, 2.05) is 6.07 Å². The van der Waals surface area contributed by atoms with E-state index in [1.165, 1.54) is 16.5 Å². The van der Waals surface area contributed by atoms with Crippen LogP contribution in [0.3, 0.4) is 0 Å². The van der Waals surface area contributed by atoms with Crippen molar-refractivity contribution in [2.45, 2.75) is 26.8 Å². The van der Waals surface area contributed by atoms with Crippen molar-refractivity contribution in [2.75, 3.05) is 6.54 Å². The van der Waals surface area contributed by atoms with Gasteiger partial charge in [0.15, 0.2) is 0 Å². The van der Waals surface area contributed by atoms with Crippen LogP contribution in [0.1, 0.15) is 23.7 Å². The van der Waals surface area contributed by atoms with E-state index in [0.29, 0.717) is 6.04 Å². The summed E-state index contributed by atoms with van der Waals surface area (Å²) in [7, 11) is 0. The molecule has 0 aliphatic carbocycles. The van der Waals surface area contributed by atoms with Crippen molar-refractivity contribution in [3.05, 3.63) is 41.1 Å². The minimum Gasteiger partial charge on any atom is -0.366 e. The summed E-state index contributed by atoms with van der Waals surface area (Å²) in [5, 5.41) is 4.63. The zero-order valence-electron chi connectivity index (χ0n) is 11.0. The van der Waals surface area contributed by atoms with Gasteiger partial charge in [-0.05, 0) is 32.4 Å². The molecule has 0 radical (unpaired) electrons. The van der Waals surface area contributed by atoms with Crippen molar-refractivity contribution >= 4 is 16.7 Å². The highest BCUT2D eigenvalue weighted by Crippen LogP contribution is 2.24. The van der Waals surface area contributed by atoms with Crippen LogP contribution in [0.15, 0.2) is 29.3 Å². The number of benzene rings is 1. The van der Waals surface area contributed by atoms with Crippen molar-refractivity contribution in [1.29, 1.82) is 0 Å². The Labute approximate surface area is 107 Å². The Morgan fingerprint density at radius 2 is 2.00 bits per heavy atom. The first-order valence-corrected chi connectivity index (χ1v) is 6.34. The van der Waals surface area contributed by atoms with Gasteiger partial charge in [-0.25, -0.2) is 0 Å². The van der Waals surface area contributed by atoms with Crippen LogP contribution in [-0.2, 0) is 0 Å². The first-order valence-electron chi connectivity index (χ1n) is 6.34. The molecule has 1 unspecified atom stereocenters. The highest BCUT2D eigenvalue weighted by Gasteiger charge is 2.19. The second-order valence-corrected chi connectivity index (χ2v) is 4.95. The van der Waals surface area contributed by atoms with Gasteiger partial charge in [-0.1, -0.05) is 18.2 Å². The van der Waals surface area contributed by atoms with Crippen LogP contribution in [-0.4, -0.2) is 23.4 Å². The number of hydrogen-bond donors (Lipinski definition) is 1. The van der Waals surface area contributed by atoms with Crippen molar-refractivity contribution in [1.82, 2.24) is 10.3 Å². The van der Waals surface area contributed by atoms with Crippen LogP contribution >= 0.6 is 0 Å². The highest BCUT2D eigenvalue weighted by molar-refractivity contribution is 6.11. The molecule has 2 heterocycles. The van der Waals surface area contributed by atoms with Gasteiger partial charge in [0, 0.05) is 22.7 Å². The number of nitrogens with one attached hydrogen (secondary N) is 1. The Kier molecular flexibility index (Phi) is 2.54. The van der Waals surface area contributed by atoms with E-state index in [9.17, 15) is 0 Å². The maximum Gasteiger partial charge on any atom is 0.129 e. The molecule has 0 bridgehead atoms. The largest absolute Gasteiger partial charge is 0.366 e. The zero-order chi connectivity index (χ0) is 12.7. The predicted molar refractivity (Wildman–Crippen MR) is 75.2 cm³/mol. The van der Waals surface area contributed by atoms with E-state index < -0.39 is 0 Å². The number of aryl methyl sites for hydroxylation is 1. The summed E-state index contributed by atoms with van der Waals surface area (Å²) in [6.07, 6.45) is 0. The molecule has 0 amide bonds. The molecule has 1 aromatic heterocycles. The summed E-state index contributed by atoms with van der Waals surface area (Å²) < 4.78 is 0. The Morgan fingerprint density at radius 1 is 1.22 bits per heavy atom. The smallest absolute Gasteiger partial charge is 0.129 e. The van der Waals surface area contributed by atoms with Gasteiger partial charge >= 0.3 is 0 Å². The van der Waals surface area contributed by atoms with Crippen molar-refractivity contribution in [2.24, 2.45) is 4.99 Å². The molecule has 3 rings (SSSR count). The molecular formula is C15H17N3. The lowest BCUT2D eigenvalue weighted by Crippen LogP contribution is -2.28. The third kappa shape index (κ3) is 1.67. The monoisotopic (exact) mass is 239 g/mol. The van der Waals surface area contributed by atoms with Gasteiger partial charge in [-0.15, -0.1) is 0 Å². The predicted octanol–water partition coefficient (Wildman–Crippen LogP) is 2.59. The van der Waals surface area contributed by atoms with Crippen LogP contribution in [0.5, 0.6) is 0 Å². The number of fused-ring (bicyclic) bond motifs is 1. The molecule has 0 spiro atoms. The number of amidine groups is 1. The van der Waals surface area contributed by atoms with Crippen LogP contribution in [0.4, 0.5) is 0 Å². The third-order valence-corrected chi connectivity index (χ3v) is 3.52. The molecule has 1 aliphatic heterocycles. The second-order valence-electron chi connectivity index (χ2n) is 4.95. The second kappa shape index (κ2) is 4.09. The molecule has 1 N–H and O–H groups in total.